The lowest BCUT2D eigenvalue weighted by Gasteiger charge is -2.23. The van der Waals surface area contributed by atoms with Crippen molar-refractivity contribution in [3.05, 3.63) is 28.7 Å². The second-order valence-corrected chi connectivity index (χ2v) is 6.99. The number of amides is 1. The molecule has 2 saturated heterocycles. The molecule has 3 rings (SSSR count). The van der Waals surface area contributed by atoms with E-state index in [-0.39, 0.29) is 24.0 Å². The molecule has 1 N–H and O–H groups in total. The average Bonchev–Trinajstić information content (AvgIpc) is 3.23. The van der Waals surface area contributed by atoms with Gasteiger partial charge in [-0.2, -0.15) is 5.26 Å². The van der Waals surface area contributed by atoms with Gasteiger partial charge in [-0.1, -0.05) is 15.9 Å². The van der Waals surface area contributed by atoms with Gasteiger partial charge >= 0.3 is 0 Å². The minimum atomic E-state index is -0.248. The number of nitrogens with zero attached hydrogens (tertiary/aromatic N) is 2. The average molecular weight is 378 g/mol. The molecule has 0 radical (unpaired) electrons. The number of hydrogen-bond donors (Lipinski definition) is 1. The summed E-state index contributed by atoms with van der Waals surface area (Å²) in [6, 6.07) is 9.71. The maximum absolute atomic E-state index is 12.5. The van der Waals surface area contributed by atoms with Crippen molar-refractivity contribution < 1.29 is 9.53 Å². The Morgan fingerprint density at radius 1 is 1.35 bits per heavy atom. The van der Waals surface area contributed by atoms with E-state index < -0.39 is 0 Å². The monoisotopic (exact) mass is 377 g/mol. The summed E-state index contributed by atoms with van der Waals surface area (Å²) in [7, 11) is 0. The maximum Gasteiger partial charge on any atom is 0.240 e. The smallest absolute Gasteiger partial charge is 0.240 e. The number of nitriles is 1. The highest BCUT2D eigenvalue weighted by Crippen LogP contribution is 2.22. The summed E-state index contributed by atoms with van der Waals surface area (Å²) in [6.07, 6.45) is 3.44. The number of benzene rings is 1. The molecule has 3 atom stereocenters. The van der Waals surface area contributed by atoms with Crippen molar-refractivity contribution in [2.75, 3.05) is 13.2 Å². The molecule has 0 bridgehead atoms. The van der Waals surface area contributed by atoms with Crippen LogP contribution in [0.5, 0.6) is 5.75 Å². The first-order valence-electron chi connectivity index (χ1n) is 8.02. The van der Waals surface area contributed by atoms with Crippen LogP contribution < -0.4 is 10.1 Å². The third kappa shape index (κ3) is 3.85. The molecule has 2 heterocycles. The molecule has 2 aliphatic rings. The van der Waals surface area contributed by atoms with Crippen molar-refractivity contribution in [1.82, 2.24) is 10.2 Å². The Morgan fingerprint density at radius 2 is 2.13 bits per heavy atom. The van der Waals surface area contributed by atoms with E-state index in [1.165, 1.54) is 0 Å². The van der Waals surface area contributed by atoms with E-state index >= 15 is 0 Å². The van der Waals surface area contributed by atoms with Crippen molar-refractivity contribution in [2.24, 2.45) is 0 Å². The lowest BCUT2D eigenvalue weighted by Crippen LogP contribution is -2.47. The highest BCUT2D eigenvalue weighted by atomic mass is 79.9. The summed E-state index contributed by atoms with van der Waals surface area (Å²) in [4.78, 5) is 14.3. The van der Waals surface area contributed by atoms with Gasteiger partial charge < -0.3 is 9.64 Å². The van der Waals surface area contributed by atoms with Crippen molar-refractivity contribution in [3.8, 4) is 11.8 Å². The summed E-state index contributed by atoms with van der Waals surface area (Å²) in [5.74, 6) is 0.897. The molecule has 2 aliphatic heterocycles. The fraction of sp³-hybridized carbons (Fsp3) is 0.529. The molecule has 1 aromatic rings. The van der Waals surface area contributed by atoms with Crippen LogP contribution in [0.4, 0.5) is 0 Å². The van der Waals surface area contributed by atoms with Crippen LogP contribution >= 0.6 is 15.9 Å². The minimum absolute atomic E-state index is 0.0696. The summed E-state index contributed by atoms with van der Waals surface area (Å²) in [5.41, 5.74) is 0. The van der Waals surface area contributed by atoms with Crippen molar-refractivity contribution in [1.29, 1.82) is 5.26 Å². The second kappa shape index (κ2) is 7.33. The summed E-state index contributed by atoms with van der Waals surface area (Å²) < 4.78 is 6.80. The van der Waals surface area contributed by atoms with Crippen molar-refractivity contribution >= 4 is 21.8 Å². The Bertz CT molecular complexity index is 599. The predicted octanol–water partition coefficient (Wildman–Crippen LogP) is 2.46. The quantitative estimate of drug-likeness (QED) is 0.874. The first-order valence-corrected chi connectivity index (χ1v) is 8.81. The summed E-state index contributed by atoms with van der Waals surface area (Å²) in [5, 5.41) is 12.5. The van der Waals surface area contributed by atoms with Gasteiger partial charge in [-0.25, -0.2) is 0 Å². The molecule has 0 saturated carbocycles. The van der Waals surface area contributed by atoms with Crippen LogP contribution in [-0.2, 0) is 4.79 Å². The van der Waals surface area contributed by atoms with Gasteiger partial charge in [0.2, 0.25) is 5.91 Å². The Balaban J connectivity index is 1.49. The van der Waals surface area contributed by atoms with Gasteiger partial charge in [0, 0.05) is 17.1 Å². The van der Waals surface area contributed by atoms with E-state index in [4.69, 9.17) is 10.00 Å². The number of halogens is 1. The van der Waals surface area contributed by atoms with E-state index in [9.17, 15) is 4.79 Å². The molecule has 0 aliphatic carbocycles. The highest BCUT2D eigenvalue weighted by molar-refractivity contribution is 9.10. The number of likely N-dealkylation sites (tertiary alicyclic amines) is 1. The molecule has 6 heteroatoms. The number of rotatable bonds is 4. The van der Waals surface area contributed by atoms with E-state index in [1.54, 1.807) is 4.90 Å². The number of nitrogens with one attached hydrogen (secondary N) is 1. The standard InChI is InChI=1S/C17H20BrN3O2/c18-12-3-6-15(7-4-12)23-11-13-5-8-16(20-13)17(22)21-9-1-2-14(21)10-19/h3-4,6-7,13-14,16,20H,1-2,5,8-9,11H2/t13-,14?,16+/m0/s1. The van der Waals surface area contributed by atoms with Crippen LogP contribution in [-0.4, -0.2) is 42.1 Å². The zero-order valence-electron chi connectivity index (χ0n) is 12.9. The van der Waals surface area contributed by atoms with Crippen LogP contribution in [0.25, 0.3) is 0 Å². The molecule has 1 aromatic carbocycles. The third-order valence-electron chi connectivity index (χ3n) is 4.49. The van der Waals surface area contributed by atoms with Crippen LogP contribution in [0.2, 0.25) is 0 Å². The zero-order valence-corrected chi connectivity index (χ0v) is 14.5. The molecule has 1 amide bonds. The lowest BCUT2D eigenvalue weighted by atomic mass is 10.1. The molecule has 2 fully saturated rings. The van der Waals surface area contributed by atoms with Crippen LogP contribution in [0.1, 0.15) is 25.7 Å². The number of carbonyl (C=O) groups is 1. The van der Waals surface area contributed by atoms with Crippen LogP contribution in [0, 0.1) is 11.3 Å². The predicted molar refractivity (Wildman–Crippen MR) is 89.9 cm³/mol. The van der Waals surface area contributed by atoms with Crippen LogP contribution in [0.3, 0.4) is 0 Å². The first kappa shape index (κ1) is 16.3. The minimum Gasteiger partial charge on any atom is -0.492 e. The fourth-order valence-electron chi connectivity index (χ4n) is 3.24. The molecule has 0 aromatic heterocycles. The maximum atomic E-state index is 12.5. The lowest BCUT2D eigenvalue weighted by molar-refractivity contribution is -0.133. The van der Waals surface area contributed by atoms with Crippen molar-refractivity contribution in [2.45, 2.75) is 43.8 Å². The van der Waals surface area contributed by atoms with Gasteiger partial charge in [-0.05, 0) is 49.9 Å². The Kier molecular flexibility index (Phi) is 5.19. The molecular formula is C17H20BrN3O2. The largest absolute Gasteiger partial charge is 0.492 e. The normalized spacial score (nSPS) is 27.0. The van der Waals surface area contributed by atoms with Crippen molar-refractivity contribution in [3.63, 3.8) is 0 Å². The third-order valence-corrected chi connectivity index (χ3v) is 5.02. The molecule has 23 heavy (non-hydrogen) atoms. The summed E-state index contributed by atoms with van der Waals surface area (Å²) in [6.45, 7) is 1.25. The molecule has 122 valence electrons. The van der Waals surface area contributed by atoms with E-state index in [0.717, 1.165) is 35.9 Å². The molecule has 1 unspecified atom stereocenters. The van der Waals surface area contributed by atoms with E-state index in [1.807, 2.05) is 24.3 Å². The summed E-state index contributed by atoms with van der Waals surface area (Å²) >= 11 is 3.40. The van der Waals surface area contributed by atoms with Gasteiger partial charge in [0.25, 0.3) is 0 Å². The number of ether oxygens (including phenoxy) is 1. The first-order chi connectivity index (χ1) is 11.2. The van der Waals surface area contributed by atoms with E-state index in [2.05, 4.69) is 27.3 Å². The topological polar surface area (TPSA) is 65.4 Å². The Hall–Kier alpha value is -1.58. The second-order valence-electron chi connectivity index (χ2n) is 6.08. The van der Waals surface area contributed by atoms with E-state index in [0.29, 0.717) is 13.2 Å². The molecule has 0 spiro atoms. The highest BCUT2D eigenvalue weighted by Gasteiger charge is 2.36. The Labute approximate surface area is 144 Å². The van der Waals surface area contributed by atoms with Gasteiger partial charge in [-0.3, -0.25) is 10.1 Å². The Morgan fingerprint density at radius 3 is 2.87 bits per heavy atom. The SMILES string of the molecule is N#CC1CCCN1C(=O)[C@H]1CC[C@@H](COc2ccc(Br)cc2)N1. The van der Waals surface area contributed by atoms with Gasteiger partial charge in [0.15, 0.2) is 0 Å². The zero-order chi connectivity index (χ0) is 16.2. The van der Waals surface area contributed by atoms with Crippen LogP contribution in [0.15, 0.2) is 28.7 Å². The fourth-order valence-corrected chi connectivity index (χ4v) is 3.50. The number of carbonyl (C=O) groups excluding carboxylic acids is 1. The molecular weight excluding hydrogens is 358 g/mol. The molecule has 5 nitrogen and oxygen atoms in total. The van der Waals surface area contributed by atoms with Gasteiger partial charge in [0.05, 0.1) is 12.1 Å². The number of hydrogen-bond acceptors (Lipinski definition) is 4. The van der Waals surface area contributed by atoms with Gasteiger partial charge in [0.1, 0.15) is 18.4 Å². The van der Waals surface area contributed by atoms with Gasteiger partial charge in [-0.15, -0.1) is 0 Å².